The van der Waals surface area contributed by atoms with Gasteiger partial charge in [-0.05, 0) is 19.3 Å². The first kappa shape index (κ1) is 18.0. The molecule has 1 nitrogen and oxygen atoms in total. The number of hydrogen-bond acceptors (Lipinski definition) is 1. The highest BCUT2D eigenvalue weighted by Crippen LogP contribution is 2.14. The van der Waals surface area contributed by atoms with Crippen molar-refractivity contribution in [1.82, 2.24) is 0 Å². The van der Waals surface area contributed by atoms with Crippen molar-refractivity contribution < 1.29 is 4.74 Å². The molecule has 1 aliphatic heterocycles. The van der Waals surface area contributed by atoms with Crippen LogP contribution in [-0.2, 0) is 4.74 Å². The van der Waals surface area contributed by atoms with Gasteiger partial charge in [-0.3, -0.25) is 0 Å². The van der Waals surface area contributed by atoms with Crippen molar-refractivity contribution in [3.8, 4) is 0 Å². The Morgan fingerprint density at radius 2 is 1.71 bits per heavy atom. The molecule has 1 aliphatic rings. The molecule has 0 N–H and O–H groups in total. The van der Waals surface area contributed by atoms with Gasteiger partial charge < -0.3 is 4.74 Å². The lowest BCUT2D eigenvalue weighted by atomic mass is 10.1. The second-order valence-electron chi connectivity index (χ2n) is 5.25. The molecular formula is C14H32Al2O. The van der Waals surface area contributed by atoms with E-state index in [2.05, 4.69) is 6.92 Å². The molecule has 0 amide bonds. The van der Waals surface area contributed by atoms with Gasteiger partial charge in [0.15, 0.2) is 17.4 Å². The first-order chi connectivity index (χ1) is 7.93. The van der Waals surface area contributed by atoms with Crippen LogP contribution in [0.3, 0.4) is 0 Å². The molecule has 0 saturated carbocycles. The Hall–Kier alpha value is 1.02. The molecule has 0 aliphatic carbocycles. The van der Waals surface area contributed by atoms with Gasteiger partial charge in [-0.15, -0.1) is 0 Å². The molecule has 100 valence electrons. The number of unbranched alkanes of at least 4 members (excludes halogenated alkanes) is 6. The van der Waals surface area contributed by atoms with Gasteiger partial charge in [-0.25, -0.2) is 0 Å². The van der Waals surface area contributed by atoms with Gasteiger partial charge in [0, 0.05) is 11.6 Å². The maximum atomic E-state index is 5.80. The lowest BCUT2D eigenvalue weighted by Crippen LogP contribution is -2.25. The summed E-state index contributed by atoms with van der Waals surface area (Å²) in [7, 11) is 0. The molecule has 17 heavy (non-hydrogen) atoms. The van der Waals surface area contributed by atoms with Gasteiger partial charge in [0.05, 0.1) is 0 Å². The van der Waals surface area contributed by atoms with Gasteiger partial charge in [0.1, 0.15) is 0 Å². The highest BCUT2D eigenvalue weighted by atomic mass is 27.1. The monoisotopic (exact) mass is 270 g/mol. The summed E-state index contributed by atoms with van der Waals surface area (Å²) < 4.78 is 5.80. The van der Waals surface area contributed by atoms with E-state index in [9.17, 15) is 0 Å². The van der Waals surface area contributed by atoms with Gasteiger partial charge in [0.25, 0.3) is 15.2 Å². The third-order valence-electron chi connectivity index (χ3n) is 3.65. The zero-order valence-corrected chi connectivity index (χ0v) is 12.6. The number of ether oxygens (including phenoxy) is 1. The number of rotatable bonds is 9. The van der Waals surface area contributed by atoms with Gasteiger partial charge in [-0.2, -0.15) is 0 Å². The van der Waals surface area contributed by atoms with Gasteiger partial charge in [0.2, 0.25) is 0 Å². The molecule has 1 unspecified atom stereocenters. The van der Waals surface area contributed by atoms with Crippen LogP contribution in [0.15, 0.2) is 0 Å². The predicted octanol–water partition coefficient (Wildman–Crippen LogP) is 2.93. The fourth-order valence-electron chi connectivity index (χ4n) is 2.54. The first-order valence-corrected chi connectivity index (χ1v) is 9.36. The SMILES string of the molecule is CCCCCCCC[CH2][AlH][CH]1CCCCO1.[AlH3]. The van der Waals surface area contributed by atoms with E-state index < -0.39 is 0 Å². The molecule has 3 heteroatoms. The summed E-state index contributed by atoms with van der Waals surface area (Å²) in [4.78, 5) is 0.744. The summed E-state index contributed by atoms with van der Waals surface area (Å²) in [5.74, 6) is 0. The van der Waals surface area contributed by atoms with Crippen molar-refractivity contribution in [2.45, 2.75) is 81.4 Å². The summed E-state index contributed by atoms with van der Waals surface area (Å²) in [6.45, 7) is 3.34. The molecule has 1 rings (SSSR count). The fraction of sp³-hybridized carbons (Fsp3) is 1.00. The first-order valence-electron chi connectivity index (χ1n) is 7.55. The van der Waals surface area contributed by atoms with Crippen LogP contribution in [-0.4, -0.2) is 44.2 Å². The van der Waals surface area contributed by atoms with Gasteiger partial charge in [-0.1, -0.05) is 57.2 Å². The van der Waals surface area contributed by atoms with E-state index in [1.165, 1.54) is 69.5 Å². The topological polar surface area (TPSA) is 9.23 Å². The second kappa shape index (κ2) is 13.5. The highest BCUT2D eigenvalue weighted by molar-refractivity contribution is 6.37. The van der Waals surface area contributed by atoms with Crippen molar-refractivity contribution in [3.63, 3.8) is 0 Å². The Labute approximate surface area is 125 Å². The largest absolute Gasteiger partial charge is 0.394 e. The molecule has 0 aromatic rings. The summed E-state index contributed by atoms with van der Waals surface area (Å²) in [6, 6.07) is 0. The summed E-state index contributed by atoms with van der Waals surface area (Å²) in [6.07, 6.45) is 14.3. The van der Waals surface area contributed by atoms with Crippen LogP contribution < -0.4 is 0 Å². The average molecular weight is 270 g/mol. The molecule has 1 fully saturated rings. The van der Waals surface area contributed by atoms with Crippen molar-refractivity contribution >= 4 is 32.6 Å². The van der Waals surface area contributed by atoms with Crippen LogP contribution in [0.25, 0.3) is 0 Å². The van der Waals surface area contributed by atoms with Crippen LogP contribution in [0.5, 0.6) is 0 Å². The highest BCUT2D eigenvalue weighted by Gasteiger charge is 2.14. The maximum Gasteiger partial charge on any atom is 0.282 e. The normalized spacial score (nSPS) is 19.7. The summed E-state index contributed by atoms with van der Waals surface area (Å²) in [5.41, 5.74) is 0. The quantitative estimate of drug-likeness (QED) is 0.462. The van der Waals surface area contributed by atoms with Crippen LogP contribution in [0.2, 0.25) is 5.28 Å². The van der Waals surface area contributed by atoms with E-state index in [-0.39, 0.29) is 32.6 Å². The Morgan fingerprint density at radius 3 is 2.35 bits per heavy atom. The van der Waals surface area contributed by atoms with E-state index in [1.807, 2.05) is 0 Å². The van der Waals surface area contributed by atoms with Gasteiger partial charge >= 0.3 is 0 Å². The van der Waals surface area contributed by atoms with E-state index in [0.717, 1.165) is 11.6 Å². The third-order valence-corrected chi connectivity index (χ3v) is 5.85. The molecule has 0 aromatic carbocycles. The van der Waals surface area contributed by atoms with Crippen molar-refractivity contribution in [2.24, 2.45) is 0 Å². The molecule has 0 spiro atoms. The Bertz CT molecular complexity index is 147. The molecular weight excluding hydrogens is 238 g/mol. The van der Waals surface area contributed by atoms with E-state index >= 15 is 0 Å². The van der Waals surface area contributed by atoms with Crippen LogP contribution in [0.4, 0.5) is 0 Å². The van der Waals surface area contributed by atoms with Crippen molar-refractivity contribution in [2.75, 3.05) is 6.61 Å². The smallest absolute Gasteiger partial charge is 0.282 e. The zero-order chi connectivity index (χ0) is 11.5. The van der Waals surface area contributed by atoms with E-state index in [4.69, 9.17) is 4.74 Å². The summed E-state index contributed by atoms with van der Waals surface area (Å²) >= 11 is 0.0995. The third kappa shape index (κ3) is 10.6. The number of hydrogen-bond donors (Lipinski definition) is 0. The minimum atomic E-state index is 0. The zero-order valence-electron chi connectivity index (χ0n) is 11.2. The Balaban J connectivity index is 0.00000256. The lowest BCUT2D eigenvalue weighted by Gasteiger charge is -2.21. The summed E-state index contributed by atoms with van der Waals surface area (Å²) in [5, 5.41) is 1.53. The van der Waals surface area contributed by atoms with Crippen molar-refractivity contribution in [1.29, 1.82) is 0 Å². The molecule has 0 radical (unpaired) electrons. The second-order valence-corrected chi connectivity index (χ2v) is 7.45. The fourth-order valence-corrected chi connectivity index (χ4v) is 4.55. The van der Waals surface area contributed by atoms with E-state index in [1.54, 1.807) is 0 Å². The molecule has 1 atom stereocenters. The Morgan fingerprint density at radius 1 is 1.00 bits per heavy atom. The molecule has 1 saturated heterocycles. The van der Waals surface area contributed by atoms with Crippen molar-refractivity contribution in [3.05, 3.63) is 0 Å². The van der Waals surface area contributed by atoms with Crippen LogP contribution >= 0.6 is 0 Å². The lowest BCUT2D eigenvalue weighted by molar-refractivity contribution is 0.0649. The van der Waals surface area contributed by atoms with Crippen LogP contribution in [0.1, 0.15) is 71.1 Å². The van der Waals surface area contributed by atoms with E-state index in [0.29, 0.717) is 0 Å². The minimum absolute atomic E-state index is 0. The molecule has 1 heterocycles. The predicted molar refractivity (Wildman–Crippen MR) is 83.5 cm³/mol. The Kier molecular flexibility index (Phi) is 14.3. The standard InChI is InChI=1S/C9H19.C5H9O.2Al.4H/c1-3-5-7-9-8-6-4-2;1-2-4-6-5-3-1;;;;;;/h1,3-9H2,2H3;4H,1-3,5H2;;;;;;. The maximum absolute atomic E-state index is 5.80. The average Bonchev–Trinajstić information content (AvgIpc) is 2.34. The molecule has 0 bridgehead atoms. The molecule has 0 aromatic heterocycles. The minimum Gasteiger partial charge on any atom is -0.394 e. The van der Waals surface area contributed by atoms with Crippen LogP contribution in [0, 0.1) is 0 Å².